The number of carbonyl (C=O) groups is 1. The predicted octanol–water partition coefficient (Wildman–Crippen LogP) is 2.06. The molecule has 1 aromatic rings. The monoisotopic (exact) mass is 320 g/mol. The van der Waals surface area contributed by atoms with E-state index in [1.165, 1.54) is 5.56 Å². The Labute approximate surface area is 139 Å². The van der Waals surface area contributed by atoms with Crippen LogP contribution < -0.4 is 10.1 Å². The number of amides is 1. The zero-order chi connectivity index (χ0) is 16.7. The second-order valence-electron chi connectivity index (χ2n) is 6.21. The normalized spacial score (nSPS) is 21.3. The van der Waals surface area contributed by atoms with E-state index in [1.807, 2.05) is 17.0 Å². The highest BCUT2D eigenvalue weighted by atomic mass is 16.5. The molecule has 128 valence electrons. The van der Waals surface area contributed by atoms with Gasteiger partial charge < -0.3 is 19.7 Å². The van der Waals surface area contributed by atoms with Gasteiger partial charge in [-0.25, -0.2) is 0 Å². The van der Waals surface area contributed by atoms with Gasteiger partial charge in [-0.1, -0.05) is 19.1 Å². The van der Waals surface area contributed by atoms with Gasteiger partial charge in [0, 0.05) is 39.7 Å². The zero-order valence-corrected chi connectivity index (χ0v) is 14.4. The summed E-state index contributed by atoms with van der Waals surface area (Å²) in [5.41, 5.74) is 1.21. The highest BCUT2D eigenvalue weighted by molar-refractivity contribution is 5.73. The molecule has 1 aliphatic rings. The number of rotatable bonds is 7. The van der Waals surface area contributed by atoms with Crippen molar-refractivity contribution in [1.82, 2.24) is 10.2 Å². The fourth-order valence-corrected chi connectivity index (χ4v) is 2.97. The summed E-state index contributed by atoms with van der Waals surface area (Å²) < 4.78 is 10.6. The van der Waals surface area contributed by atoms with Crippen molar-refractivity contribution in [3.05, 3.63) is 29.8 Å². The second-order valence-corrected chi connectivity index (χ2v) is 6.21. The molecule has 5 nitrogen and oxygen atoms in total. The molecule has 1 aromatic carbocycles. The van der Waals surface area contributed by atoms with Crippen molar-refractivity contribution < 1.29 is 14.3 Å². The molecule has 1 aliphatic heterocycles. The van der Waals surface area contributed by atoms with Crippen LogP contribution in [0.3, 0.4) is 0 Å². The van der Waals surface area contributed by atoms with Crippen LogP contribution in [0.5, 0.6) is 5.75 Å². The average Bonchev–Trinajstić information content (AvgIpc) is 2.54. The third-order valence-corrected chi connectivity index (χ3v) is 4.37. The van der Waals surface area contributed by atoms with Crippen molar-refractivity contribution in [2.45, 2.75) is 32.9 Å². The van der Waals surface area contributed by atoms with Crippen LogP contribution >= 0.6 is 0 Å². The fourth-order valence-electron chi connectivity index (χ4n) is 2.97. The minimum absolute atomic E-state index is 0.177. The maximum atomic E-state index is 11.5. The minimum Gasteiger partial charge on any atom is -0.491 e. The van der Waals surface area contributed by atoms with Crippen LogP contribution in [0.4, 0.5) is 0 Å². The number of benzene rings is 1. The Bertz CT molecular complexity index is 507. The Morgan fingerprint density at radius 3 is 2.91 bits per heavy atom. The molecule has 2 atom stereocenters. The van der Waals surface area contributed by atoms with Gasteiger partial charge in [-0.2, -0.15) is 0 Å². The zero-order valence-electron chi connectivity index (χ0n) is 14.4. The average molecular weight is 320 g/mol. The number of methoxy groups -OCH3 is 1. The van der Waals surface area contributed by atoms with Crippen molar-refractivity contribution in [2.24, 2.45) is 5.92 Å². The van der Waals surface area contributed by atoms with Crippen LogP contribution in [0.25, 0.3) is 0 Å². The summed E-state index contributed by atoms with van der Waals surface area (Å²) in [6, 6.07) is 8.60. The number of nitrogens with one attached hydrogen (secondary N) is 1. The van der Waals surface area contributed by atoms with Crippen LogP contribution in [0, 0.1) is 5.92 Å². The maximum Gasteiger partial charge on any atom is 0.219 e. The number of piperidine rings is 1. The number of nitrogens with zero attached hydrogens (tertiary/aromatic N) is 1. The number of ether oxygens (including phenoxy) is 2. The molecule has 0 radical (unpaired) electrons. The summed E-state index contributed by atoms with van der Waals surface area (Å²) in [7, 11) is 1.67. The van der Waals surface area contributed by atoms with Gasteiger partial charge >= 0.3 is 0 Å². The van der Waals surface area contributed by atoms with E-state index in [0.717, 1.165) is 31.8 Å². The van der Waals surface area contributed by atoms with Crippen molar-refractivity contribution >= 4 is 5.91 Å². The van der Waals surface area contributed by atoms with E-state index in [2.05, 4.69) is 24.4 Å². The lowest BCUT2D eigenvalue weighted by Crippen LogP contribution is -2.49. The van der Waals surface area contributed by atoms with E-state index in [9.17, 15) is 4.79 Å². The first-order chi connectivity index (χ1) is 11.1. The van der Waals surface area contributed by atoms with Crippen LogP contribution in [0.15, 0.2) is 24.3 Å². The van der Waals surface area contributed by atoms with E-state index < -0.39 is 0 Å². The number of hydrogen-bond donors (Lipinski definition) is 1. The SMILES string of the molecule is COCCOc1cccc(CN[C@@H]2CCN(C(C)=O)C[C@H]2C)c1. The van der Waals surface area contributed by atoms with Crippen LogP contribution in [0.1, 0.15) is 25.8 Å². The molecule has 0 aromatic heterocycles. The summed E-state index contributed by atoms with van der Waals surface area (Å²) in [6.45, 7) is 7.51. The lowest BCUT2D eigenvalue weighted by Gasteiger charge is -2.37. The van der Waals surface area contributed by atoms with E-state index in [4.69, 9.17) is 9.47 Å². The van der Waals surface area contributed by atoms with E-state index in [-0.39, 0.29) is 5.91 Å². The van der Waals surface area contributed by atoms with Crippen LogP contribution in [-0.4, -0.2) is 50.3 Å². The highest BCUT2D eigenvalue weighted by Gasteiger charge is 2.26. The van der Waals surface area contributed by atoms with Gasteiger partial charge in [-0.3, -0.25) is 4.79 Å². The lowest BCUT2D eigenvalue weighted by molar-refractivity contribution is -0.130. The van der Waals surface area contributed by atoms with Gasteiger partial charge in [0.1, 0.15) is 12.4 Å². The molecule has 23 heavy (non-hydrogen) atoms. The highest BCUT2D eigenvalue weighted by Crippen LogP contribution is 2.18. The second kappa shape index (κ2) is 8.89. The van der Waals surface area contributed by atoms with Crippen LogP contribution in [-0.2, 0) is 16.1 Å². The molecule has 5 heteroatoms. The van der Waals surface area contributed by atoms with Crippen molar-refractivity contribution in [3.8, 4) is 5.75 Å². The molecule has 0 saturated carbocycles. The van der Waals surface area contributed by atoms with Gasteiger partial charge in [0.2, 0.25) is 5.91 Å². The largest absolute Gasteiger partial charge is 0.491 e. The first-order valence-electron chi connectivity index (χ1n) is 8.29. The topological polar surface area (TPSA) is 50.8 Å². The summed E-state index contributed by atoms with van der Waals surface area (Å²) in [5.74, 6) is 1.52. The molecule has 0 unspecified atom stereocenters. The predicted molar refractivity (Wildman–Crippen MR) is 90.5 cm³/mol. The molecule has 1 amide bonds. The van der Waals surface area contributed by atoms with Crippen molar-refractivity contribution in [1.29, 1.82) is 0 Å². The van der Waals surface area contributed by atoms with E-state index >= 15 is 0 Å². The molecule has 1 N–H and O–H groups in total. The van der Waals surface area contributed by atoms with Crippen molar-refractivity contribution in [2.75, 3.05) is 33.4 Å². The fraction of sp³-hybridized carbons (Fsp3) is 0.611. The summed E-state index contributed by atoms with van der Waals surface area (Å²) in [5, 5.41) is 3.62. The molecular formula is C18H28N2O3. The number of hydrogen-bond acceptors (Lipinski definition) is 4. The first-order valence-corrected chi connectivity index (χ1v) is 8.29. The third-order valence-electron chi connectivity index (χ3n) is 4.37. The smallest absolute Gasteiger partial charge is 0.219 e. The summed E-state index contributed by atoms with van der Waals surface area (Å²) >= 11 is 0. The van der Waals surface area contributed by atoms with Gasteiger partial charge in [-0.05, 0) is 30.0 Å². The maximum absolute atomic E-state index is 11.5. The van der Waals surface area contributed by atoms with E-state index in [1.54, 1.807) is 14.0 Å². The molecule has 1 fully saturated rings. The molecule has 0 aliphatic carbocycles. The lowest BCUT2D eigenvalue weighted by atomic mass is 9.93. The van der Waals surface area contributed by atoms with Gasteiger partial charge in [0.15, 0.2) is 0 Å². The van der Waals surface area contributed by atoms with Crippen molar-refractivity contribution in [3.63, 3.8) is 0 Å². The Balaban J connectivity index is 1.81. The Morgan fingerprint density at radius 2 is 2.22 bits per heavy atom. The molecular weight excluding hydrogens is 292 g/mol. The summed E-state index contributed by atoms with van der Waals surface area (Å²) in [6.07, 6.45) is 1.00. The standard InChI is InChI=1S/C18H28N2O3/c1-14-13-20(15(2)21)8-7-18(14)19-12-16-5-4-6-17(11-16)23-10-9-22-3/h4-6,11,14,18-19H,7-10,12-13H2,1-3H3/t14-,18-/m1/s1. The number of carbonyl (C=O) groups excluding carboxylic acids is 1. The van der Waals surface area contributed by atoms with Crippen LogP contribution in [0.2, 0.25) is 0 Å². The molecule has 2 rings (SSSR count). The summed E-state index contributed by atoms with van der Waals surface area (Å²) in [4.78, 5) is 13.4. The Morgan fingerprint density at radius 1 is 1.39 bits per heavy atom. The Hall–Kier alpha value is -1.59. The first kappa shape index (κ1) is 17.8. The quantitative estimate of drug-likeness (QED) is 0.781. The Kier molecular flexibility index (Phi) is 6.86. The molecule has 0 bridgehead atoms. The molecule has 0 spiro atoms. The van der Waals surface area contributed by atoms with Gasteiger partial charge in [-0.15, -0.1) is 0 Å². The number of likely N-dealkylation sites (tertiary alicyclic amines) is 1. The third kappa shape index (κ3) is 5.52. The molecule has 1 saturated heterocycles. The minimum atomic E-state index is 0.177. The van der Waals surface area contributed by atoms with Gasteiger partial charge in [0.05, 0.1) is 6.61 Å². The van der Waals surface area contributed by atoms with Gasteiger partial charge in [0.25, 0.3) is 0 Å². The molecule has 1 heterocycles. The van der Waals surface area contributed by atoms with E-state index in [0.29, 0.717) is 25.2 Å².